The van der Waals surface area contributed by atoms with Crippen LogP contribution in [0.25, 0.3) is 0 Å². The van der Waals surface area contributed by atoms with E-state index in [4.69, 9.17) is 13.9 Å². The van der Waals surface area contributed by atoms with Crippen LogP contribution in [0.1, 0.15) is 52.7 Å². The third-order valence-electron chi connectivity index (χ3n) is 7.29. The fraction of sp³-hybridized carbons (Fsp3) is 0.387. The molecule has 1 fully saturated rings. The SMILES string of the molecule is CC(=O)O[C@@H]1[C@@H](C)[C@H](CCO[Si](c2ccccc2)(c2ccccc2)C(C)(C)C)O[C@H]1c1ccccc1. The maximum atomic E-state index is 11.9. The molecule has 1 heterocycles. The van der Waals surface area contributed by atoms with E-state index in [0.717, 1.165) is 12.0 Å². The summed E-state index contributed by atoms with van der Waals surface area (Å²) >= 11 is 0. The molecule has 0 unspecified atom stereocenters. The summed E-state index contributed by atoms with van der Waals surface area (Å²) in [6.45, 7) is 11.0. The van der Waals surface area contributed by atoms with Crippen molar-refractivity contribution < 1.29 is 18.7 Å². The quantitative estimate of drug-likeness (QED) is 0.294. The lowest BCUT2D eigenvalue weighted by molar-refractivity contribution is -0.150. The van der Waals surface area contributed by atoms with E-state index in [1.807, 2.05) is 30.3 Å². The molecule has 0 aliphatic carbocycles. The van der Waals surface area contributed by atoms with Crippen molar-refractivity contribution in [3.05, 3.63) is 96.6 Å². The number of carbonyl (C=O) groups excluding carboxylic acids is 1. The molecule has 0 radical (unpaired) electrons. The molecule has 0 aromatic heterocycles. The fourth-order valence-electron chi connectivity index (χ4n) is 5.57. The van der Waals surface area contributed by atoms with E-state index in [1.54, 1.807) is 0 Å². The maximum Gasteiger partial charge on any atom is 0.303 e. The Kier molecular flexibility index (Phi) is 8.13. The van der Waals surface area contributed by atoms with Gasteiger partial charge in [0, 0.05) is 19.4 Å². The highest BCUT2D eigenvalue weighted by atomic mass is 28.4. The van der Waals surface area contributed by atoms with Gasteiger partial charge in [-0.25, -0.2) is 0 Å². The first-order chi connectivity index (χ1) is 17.2. The van der Waals surface area contributed by atoms with Gasteiger partial charge in [0.25, 0.3) is 8.32 Å². The van der Waals surface area contributed by atoms with E-state index in [9.17, 15) is 4.79 Å². The zero-order chi connectivity index (χ0) is 25.8. The largest absolute Gasteiger partial charge is 0.459 e. The molecule has 1 saturated heterocycles. The Morgan fingerprint density at radius 1 is 0.861 bits per heavy atom. The van der Waals surface area contributed by atoms with Crippen molar-refractivity contribution in [1.82, 2.24) is 0 Å². The molecule has 4 atom stereocenters. The molecular weight excluding hydrogens is 464 g/mol. The van der Waals surface area contributed by atoms with Gasteiger partial charge in [-0.15, -0.1) is 0 Å². The Bertz CT molecular complexity index is 1070. The Labute approximate surface area is 216 Å². The van der Waals surface area contributed by atoms with Gasteiger partial charge in [-0.2, -0.15) is 0 Å². The summed E-state index contributed by atoms with van der Waals surface area (Å²) in [6, 6.07) is 31.4. The van der Waals surface area contributed by atoms with Gasteiger partial charge in [0.1, 0.15) is 12.2 Å². The van der Waals surface area contributed by atoms with E-state index in [2.05, 4.69) is 88.4 Å². The number of hydrogen-bond donors (Lipinski definition) is 0. The number of hydrogen-bond acceptors (Lipinski definition) is 4. The lowest BCUT2D eigenvalue weighted by atomic mass is 9.93. The van der Waals surface area contributed by atoms with Crippen molar-refractivity contribution in [2.45, 2.75) is 64.4 Å². The zero-order valence-electron chi connectivity index (χ0n) is 22.0. The third-order valence-corrected chi connectivity index (χ3v) is 12.3. The highest BCUT2D eigenvalue weighted by Crippen LogP contribution is 2.41. The summed E-state index contributed by atoms with van der Waals surface area (Å²) in [5, 5.41) is 2.46. The molecule has 4 nitrogen and oxygen atoms in total. The first kappa shape index (κ1) is 26.3. The standard InChI is InChI=1S/C31H38O4Si/c1-23-28(35-30(29(23)34-24(2)32)25-15-9-6-10-16-25)21-22-33-36(31(3,4)5,26-17-11-7-12-18-26)27-19-13-8-14-20-27/h6-20,23,28-30H,21-22H2,1-5H3/t23-,28-,29+,30-/m0/s1. The molecule has 0 N–H and O–H groups in total. The molecule has 0 spiro atoms. The number of esters is 1. The molecule has 1 aliphatic heterocycles. The summed E-state index contributed by atoms with van der Waals surface area (Å²) in [4.78, 5) is 11.9. The number of benzene rings is 3. The van der Waals surface area contributed by atoms with Gasteiger partial charge in [0.15, 0.2) is 0 Å². The Hall–Kier alpha value is -2.73. The summed E-state index contributed by atoms with van der Waals surface area (Å²) < 4.78 is 19.4. The van der Waals surface area contributed by atoms with Gasteiger partial charge < -0.3 is 13.9 Å². The molecule has 0 amide bonds. The monoisotopic (exact) mass is 502 g/mol. The summed E-state index contributed by atoms with van der Waals surface area (Å²) in [5.74, 6) is -0.220. The average molecular weight is 503 g/mol. The van der Waals surface area contributed by atoms with Crippen LogP contribution in [0.3, 0.4) is 0 Å². The van der Waals surface area contributed by atoms with Crippen molar-refractivity contribution in [1.29, 1.82) is 0 Å². The van der Waals surface area contributed by atoms with Gasteiger partial charge in [-0.05, 0) is 27.4 Å². The zero-order valence-corrected chi connectivity index (χ0v) is 23.0. The van der Waals surface area contributed by atoms with E-state index in [1.165, 1.54) is 17.3 Å². The Balaban J connectivity index is 1.59. The number of rotatable bonds is 8. The summed E-state index contributed by atoms with van der Waals surface area (Å²) in [7, 11) is -2.61. The van der Waals surface area contributed by atoms with Crippen LogP contribution in [0.5, 0.6) is 0 Å². The lowest BCUT2D eigenvalue weighted by Gasteiger charge is -2.43. The van der Waals surface area contributed by atoms with Gasteiger partial charge in [-0.1, -0.05) is 119 Å². The second-order valence-corrected chi connectivity index (χ2v) is 15.0. The van der Waals surface area contributed by atoms with Crippen LogP contribution in [0, 0.1) is 5.92 Å². The maximum absolute atomic E-state index is 11.9. The summed E-state index contributed by atoms with van der Waals surface area (Å²) in [6.07, 6.45) is 0.0655. The molecule has 3 aromatic rings. The van der Waals surface area contributed by atoms with Crippen molar-refractivity contribution >= 4 is 24.7 Å². The molecule has 0 saturated carbocycles. The molecule has 5 heteroatoms. The van der Waals surface area contributed by atoms with Crippen LogP contribution in [0.4, 0.5) is 0 Å². The van der Waals surface area contributed by atoms with Crippen LogP contribution >= 0.6 is 0 Å². The number of carbonyl (C=O) groups is 1. The van der Waals surface area contributed by atoms with Crippen LogP contribution < -0.4 is 10.4 Å². The summed E-state index contributed by atoms with van der Waals surface area (Å²) in [5.41, 5.74) is 1.03. The van der Waals surface area contributed by atoms with Crippen LogP contribution in [0.15, 0.2) is 91.0 Å². The van der Waals surface area contributed by atoms with Crippen molar-refractivity contribution in [2.75, 3.05) is 6.61 Å². The second-order valence-electron chi connectivity index (χ2n) is 10.7. The minimum atomic E-state index is -2.61. The second kappa shape index (κ2) is 11.1. The first-order valence-corrected chi connectivity index (χ1v) is 14.8. The minimum absolute atomic E-state index is 0.0573. The van der Waals surface area contributed by atoms with E-state index < -0.39 is 8.32 Å². The predicted octanol–water partition coefficient (Wildman–Crippen LogP) is 5.66. The van der Waals surface area contributed by atoms with E-state index >= 15 is 0 Å². The first-order valence-electron chi connectivity index (χ1n) is 12.9. The van der Waals surface area contributed by atoms with Crippen LogP contribution in [-0.2, 0) is 18.7 Å². The van der Waals surface area contributed by atoms with Crippen LogP contribution in [-0.4, -0.2) is 33.1 Å². The highest BCUT2D eigenvalue weighted by molar-refractivity contribution is 6.99. The predicted molar refractivity (Wildman–Crippen MR) is 147 cm³/mol. The van der Waals surface area contributed by atoms with Gasteiger partial charge >= 0.3 is 5.97 Å². The van der Waals surface area contributed by atoms with Gasteiger partial charge in [0.05, 0.1) is 6.10 Å². The molecule has 1 aliphatic rings. The number of ether oxygens (including phenoxy) is 2. The topological polar surface area (TPSA) is 44.8 Å². The molecule has 3 aromatic carbocycles. The molecule has 190 valence electrons. The Morgan fingerprint density at radius 2 is 1.36 bits per heavy atom. The highest BCUT2D eigenvalue weighted by Gasteiger charge is 2.51. The van der Waals surface area contributed by atoms with E-state index in [-0.39, 0.29) is 35.2 Å². The fourth-order valence-corrected chi connectivity index (χ4v) is 10.1. The van der Waals surface area contributed by atoms with Crippen molar-refractivity contribution in [2.24, 2.45) is 5.92 Å². The minimum Gasteiger partial charge on any atom is -0.459 e. The lowest BCUT2D eigenvalue weighted by Crippen LogP contribution is -2.66. The Morgan fingerprint density at radius 3 is 1.83 bits per heavy atom. The molecule has 4 rings (SSSR count). The van der Waals surface area contributed by atoms with Crippen molar-refractivity contribution in [3.63, 3.8) is 0 Å². The third kappa shape index (κ3) is 5.34. The normalized spacial score (nSPS) is 22.4. The van der Waals surface area contributed by atoms with Crippen molar-refractivity contribution in [3.8, 4) is 0 Å². The molecular formula is C31H38O4Si. The molecule has 36 heavy (non-hydrogen) atoms. The molecule has 0 bridgehead atoms. The van der Waals surface area contributed by atoms with Gasteiger partial charge in [0.2, 0.25) is 0 Å². The average Bonchev–Trinajstić information content (AvgIpc) is 3.17. The smallest absolute Gasteiger partial charge is 0.303 e. The van der Waals surface area contributed by atoms with Gasteiger partial charge in [-0.3, -0.25) is 4.79 Å². The van der Waals surface area contributed by atoms with Crippen LogP contribution in [0.2, 0.25) is 5.04 Å². The van der Waals surface area contributed by atoms with E-state index in [0.29, 0.717) is 6.61 Å².